The molecule has 146 valence electrons. The molecule has 3 aromatic rings. The lowest BCUT2D eigenvalue weighted by Gasteiger charge is -2.14. The van der Waals surface area contributed by atoms with E-state index in [-0.39, 0.29) is 25.5 Å². The Morgan fingerprint density at radius 1 is 1.11 bits per heavy atom. The van der Waals surface area contributed by atoms with E-state index >= 15 is 0 Å². The van der Waals surface area contributed by atoms with Crippen LogP contribution in [0, 0.1) is 5.82 Å². The fourth-order valence-corrected chi connectivity index (χ4v) is 3.13. The lowest BCUT2D eigenvalue weighted by Crippen LogP contribution is -2.42. The summed E-state index contributed by atoms with van der Waals surface area (Å²) in [7, 11) is 0. The summed E-state index contributed by atoms with van der Waals surface area (Å²) >= 11 is 6.03. The lowest BCUT2D eigenvalue weighted by molar-refractivity contribution is -0.121. The van der Waals surface area contributed by atoms with Gasteiger partial charge in [-0.05, 0) is 42.3 Å². The van der Waals surface area contributed by atoms with Gasteiger partial charge in [0.2, 0.25) is 5.91 Å². The fraction of sp³-hybridized carbons (Fsp3) is 0.250. The number of carbonyl (C=O) groups excluding carboxylic acids is 1. The van der Waals surface area contributed by atoms with Crippen LogP contribution in [-0.2, 0) is 24.4 Å². The minimum atomic E-state index is -0.557. The Bertz CT molecular complexity index is 1140. The molecule has 0 aliphatic carbocycles. The molecule has 0 aliphatic rings. The van der Waals surface area contributed by atoms with Crippen LogP contribution in [-0.4, -0.2) is 15.0 Å². The Balaban J connectivity index is 1.93. The van der Waals surface area contributed by atoms with Crippen molar-refractivity contribution in [3.05, 3.63) is 79.7 Å². The summed E-state index contributed by atoms with van der Waals surface area (Å²) in [6.07, 6.45) is 0.602. The number of hydrogen-bond acceptors (Lipinski definition) is 3. The number of amides is 1. The number of nitrogens with zero attached hydrogens (tertiary/aromatic N) is 2. The van der Waals surface area contributed by atoms with Gasteiger partial charge < -0.3 is 5.32 Å². The van der Waals surface area contributed by atoms with Crippen molar-refractivity contribution >= 4 is 28.4 Å². The summed E-state index contributed by atoms with van der Waals surface area (Å²) in [6.45, 7) is 2.05. The van der Waals surface area contributed by atoms with Crippen molar-refractivity contribution in [2.75, 3.05) is 0 Å². The van der Waals surface area contributed by atoms with Crippen LogP contribution in [0.1, 0.15) is 18.9 Å². The standard InChI is InChI=1S/C20H19ClFN3O3/c1-2-9-24-19(27)16-8-5-14(21)10-17(16)25(20(24)28)12-18(26)23-11-13-3-6-15(22)7-4-13/h3-8,10H,2,9,11-12H2,1H3,(H,23,26). The maximum atomic E-state index is 13.0. The zero-order valence-electron chi connectivity index (χ0n) is 15.2. The highest BCUT2D eigenvalue weighted by atomic mass is 35.5. The van der Waals surface area contributed by atoms with Crippen LogP contribution in [0.2, 0.25) is 5.02 Å². The maximum Gasteiger partial charge on any atom is 0.331 e. The number of rotatable bonds is 6. The normalized spacial score (nSPS) is 11.0. The second-order valence-corrected chi connectivity index (χ2v) is 6.83. The predicted octanol–water partition coefficient (Wildman–Crippen LogP) is 2.68. The summed E-state index contributed by atoms with van der Waals surface area (Å²) < 4.78 is 15.3. The number of hydrogen-bond donors (Lipinski definition) is 1. The van der Waals surface area contributed by atoms with Gasteiger partial charge in [0.25, 0.3) is 5.56 Å². The van der Waals surface area contributed by atoms with Gasteiger partial charge in [-0.25, -0.2) is 9.18 Å². The Morgan fingerprint density at radius 2 is 1.82 bits per heavy atom. The fourth-order valence-electron chi connectivity index (χ4n) is 2.97. The third-order valence-electron chi connectivity index (χ3n) is 4.34. The van der Waals surface area contributed by atoms with E-state index in [1.165, 1.54) is 22.8 Å². The Labute approximate surface area is 165 Å². The van der Waals surface area contributed by atoms with Crippen molar-refractivity contribution in [3.63, 3.8) is 0 Å². The van der Waals surface area contributed by atoms with Crippen molar-refractivity contribution in [2.45, 2.75) is 33.0 Å². The number of halogens is 2. The van der Waals surface area contributed by atoms with Crippen LogP contribution in [0.4, 0.5) is 4.39 Å². The molecule has 0 atom stereocenters. The molecule has 0 fully saturated rings. The van der Waals surface area contributed by atoms with Crippen LogP contribution in [0.3, 0.4) is 0 Å². The molecule has 0 radical (unpaired) electrons. The highest BCUT2D eigenvalue weighted by Gasteiger charge is 2.15. The molecule has 3 rings (SSSR count). The molecule has 0 bridgehead atoms. The molecule has 28 heavy (non-hydrogen) atoms. The molecule has 0 aliphatic heterocycles. The monoisotopic (exact) mass is 403 g/mol. The average molecular weight is 404 g/mol. The molecule has 0 unspecified atom stereocenters. The summed E-state index contributed by atoms with van der Waals surface area (Å²) in [6, 6.07) is 10.4. The summed E-state index contributed by atoms with van der Waals surface area (Å²) in [5, 5.41) is 3.38. The van der Waals surface area contributed by atoms with Crippen LogP contribution in [0.25, 0.3) is 10.9 Å². The molecule has 1 amide bonds. The van der Waals surface area contributed by atoms with E-state index < -0.39 is 17.2 Å². The SMILES string of the molecule is CCCn1c(=O)c2ccc(Cl)cc2n(CC(=O)NCc2ccc(F)cc2)c1=O. The van der Waals surface area contributed by atoms with Crippen molar-refractivity contribution in [2.24, 2.45) is 0 Å². The first-order valence-electron chi connectivity index (χ1n) is 8.84. The van der Waals surface area contributed by atoms with E-state index in [0.717, 1.165) is 10.1 Å². The van der Waals surface area contributed by atoms with Crippen molar-refractivity contribution < 1.29 is 9.18 Å². The molecule has 1 N–H and O–H groups in total. The van der Waals surface area contributed by atoms with Crippen molar-refractivity contribution in [1.82, 2.24) is 14.5 Å². The van der Waals surface area contributed by atoms with Gasteiger partial charge in [0.05, 0.1) is 10.9 Å². The van der Waals surface area contributed by atoms with Crippen LogP contribution in [0.15, 0.2) is 52.1 Å². The first-order valence-corrected chi connectivity index (χ1v) is 9.22. The maximum absolute atomic E-state index is 13.0. The molecule has 2 aromatic carbocycles. The topological polar surface area (TPSA) is 73.1 Å². The van der Waals surface area contributed by atoms with Gasteiger partial charge in [0, 0.05) is 18.1 Å². The van der Waals surface area contributed by atoms with Gasteiger partial charge in [-0.1, -0.05) is 30.7 Å². The Kier molecular flexibility index (Phi) is 5.94. The summed E-state index contributed by atoms with van der Waals surface area (Å²) in [5.74, 6) is -0.766. The van der Waals surface area contributed by atoms with E-state index in [1.807, 2.05) is 6.92 Å². The molecule has 1 heterocycles. The minimum absolute atomic E-state index is 0.196. The smallest absolute Gasteiger partial charge is 0.331 e. The molecule has 0 saturated carbocycles. The van der Waals surface area contributed by atoms with E-state index in [0.29, 0.717) is 22.3 Å². The quantitative estimate of drug-likeness (QED) is 0.687. The zero-order chi connectivity index (χ0) is 20.3. The Morgan fingerprint density at radius 3 is 2.50 bits per heavy atom. The van der Waals surface area contributed by atoms with Crippen molar-refractivity contribution in [1.29, 1.82) is 0 Å². The van der Waals surface area contributed by atoms with Gasteiger partial charge in [-0.2, -0.15) is 0 Å². The number of benzene rings is 2. The van der Waals surface area contributed by atoms with Crippen LogP contribution in [0.5, 0.6) is 0 Å². The number of fused-ring (bicyclic) bond motifs is 1. The molecule has 6 nitrogen and oxygen atoms in total. The molecular formula is C20H19ClFN3O3. The summed E-state index contributed by atoms with van der Waals surface area (Å²) in [4.78, 5) is 37.8. The van der Waals surface area contributed by atoms with Crippen LogP contribution >= 0.6 is 11.6 Å². The zero-order valence-corrected chi connectivity index (χ0v) is 16.0. The van der Waals surface area contributed by atoms with Gasteiger partial charge in [-0.3, -0.25) is 18.7 Å². The van der Waals surface area contributed by atoms with E-state index in [2.05, 4.69) is 5.32 Å². The largest absolute Gasteiger partial charge is 0.350 e. The van der Waals surface area contributed by atoms with E-state index in [9.17, 15) is 18.8 Å². The summed E-state index contributed by atoms with van der Waals surface area (Å²) in [5.41, 5.74) is 0.0813. The van der Waals surface area contributed by atoms with Crippen molar-refractivity contribution in [3.8, 4) is 0 Å². The second-order valence-electron chi connectivity index (χ2n) is 6.39. The lowest BCUT2D eigenvalue weighted by atomic mass is 10.2. The molecular weight excluding hydrogens is 385 g/mol. The first kappa shape index (κ1) is 19.8. The van der Waals surface area contributed by atoms with Gasteiger partial charge in [0.15, 0.2) is 0 Å². The van der Waals surface area contributed by atoms with Gasteiger partial charge in [0.1, 0.15) is 12.4 Å². The average Bonchev–Trinajstić information content (AvgIpc) is 2.68. The van der Waals surface area contributed by atoms with Gasteiger partial charge >= 0.3 is 5.69 Å². The highest BCUT2D eigenvalue weighted by molar-refractivity contribution is 6.31. The minimum Gasteiger partial charge on any atom is -0.350 e. The van der Waals surface area contributed by atoms with Crippen LogP contribution < -0.4 is 16.6 Å². The molecule has 1 aromatic heterocycles. The molecule has 0 spiro atoms. The molecule has 8 heteroatoms. The number of carbonyl (C=O) groups is 1. The highest BCUT2D eigenvalue weighted by Crippen LogP contribution is 2.15. The van der Waals surface area contributed by atoms with E-state index in [4.69, 9.17) is 11.6 Å². The van der Waals surface area contributed by atoms with Gasteiger partial charge in [-0.15, -0.1) is 0 Å². The molecule has 0 saturated heterocycles. The third-order valence-corrected chi connectivity index (χ3v) is 4.57. The predicted molar refractivity (Wildman–Crippen MR) is 106 cm³/mol. The third kappa shape index (κ3) is 4.14. The van der Waals surface area contributed by atoms with E-state index in [1.54, 1.807) is 24.3 Å². The second kappa shape index (κ2) is 8.39. The number of nitrogens with one attached hydrogen (secondary N) is 1. The Hall–Kier alpha value is -2.93. The number of aromatic nitrogens is 2. The first-order chi connectivity index (χ1) is 13.4.